The van der Waals surface area contributed by atoms with E-state index >= 15 is 0 Å². The summed E-state index contributed by atoms with van der Waals surface area (Å²) in [6.45, 7) is 2.62. The van der Waals surface area contributed by atoms with Crippen LogP contribution in [0.3, 0.4) is 0 Å². The minimum Gasteiger partial charge on any atom is -0.396 e. The summed E-state index contributed by atoms with van der Waals surface area (Å²) in [4.78, 5) is 14.1. The van der Waals surface area contributed by atoms with Crippen molar-refractivity contribution < 1.29 is 14.3 Å². The fourth-order valence-electron chi connectivity index (χ4n) is 2.43. The molecule has 1 amide bonds. The Morgan fingerprint density at radius 2 is 2.32 bits per heavy atom. The van der Waals surface area contributed by atoms with Gasteiger partial charge in [-0.2, -0.15) is 0 Å². The Hall–Kier alpha value is -1.46. The second-order valence-electron chi connectivity index (χ2n) is 4.84. The van der Waals surface area contributed by atoms with Gasteiger partial charge in [0.15, 0.2) is 0 Å². The van der Waals surface area contributed by atoms with Crippen molar-refractivity contribution in [1.82, 2.24) is 5.32 Å². The Bertz CT molecular complexity index is 453. The van der Waals surface area contributed by atoms with Crippen molar-refractivity contribution in [3.8, 4) is 0 Å². The molecule has 19 heavy (non-hydrogen) atoms. The quantitative estimate of drug-likeness (QED) is 0.867. The topological polar surface area (TPSA) is 52.6 Å². The Morgan fingerprint density at radius 1 is 1.53 bits per heavy atom. The van der Waals surface area contributed by atoms with Crippen LogP contribution in [0.25, 0.3) is 0 Å². The average molecular weight is 266 g/mol. The van der Waals surface area contributed by atoms with Gasteiger partial charge in [0.2, 0.25) is 5.91 Å². The second kappa shape index (κ2) is 6.12. The van der Waals surface area contributed by atoms with Gasteiger partial charge in [-0.25, -0.2) is 4.39 Å². The third kappa shape index (κ3) is 3.11. The average Bonchev–Trinajstić information content (AvgIpc) is 2.50. The molecular formula is C14H19FN2O2. The summed E-state index contributed by atoms with van der Waals surface area (Å²) in [5.74, 6) is -0.460. The van der Waals surface area contributed by atoms with Gasteiger partial charge in [0.1, 0.15) is 5.82 Å². The maximum Gasteiger partial charge on any atom is 0.244 e. The standard InChI is InChI=1S/C14H19FN2O2/c1-10-5-7-16-13(6-8-18)14(19)17(10)12-4-2-3-11(15)9-12/h2-4,9-10,13,16,18H,5-8H2,1H3. The predicted molar refractivity (Wildman–Crippen MR) is 71.5 cm³/mol. The smallest absolute Gasteiger partial charge is 0.244 e. The molecule has 1 aliphatic rings. The van der Waals surface area contributed by atoms with Gasteiger partial charge in [-0.05, 0) is 44.5 Å². The SMILES string of the molecule is CC1CCNC(CCO)C(=O)N1c1cccc(F)c1. The molecular weight excluding hydrogens is 247 g/mol. The van der Waals surface area contributed by atoms with Crippen LogP contribution in [0.4, 0.5) is 10.1 Å². The lowest BCUT2D eigenvalue weighted by molar-refractivity contribution is -0.120. The van der Waals surface area contributed by atoms with Crippen LogP contribution >= 0.6 is 0 Å². The molecule has 2 N–H and O–H groups in total. The fraction of sp³-hybridized carbons (Fsp3) is 0.500. The summed E-state index contributed by atoms with van der Waals surface area (Å²) in [5, 5.41) is 12.2. The molecule has 1 aromatic rings. The molecule has 0 bridgehead atoms. The Morgan fingerprint density at radius 3 is 3.00 bits per heavy atom. The summed E-state index contributed by atoms with van der Waals surface area (Å²) in [6, 6.07) is 5.67. The van der Waals surface area contributed by atoms with Crippen LogP contribution in [-0.4, -0.2) is 36.2 Å². The Labute approximate surface area is 112 Å². The van der Waals surface area contributed by atoms with E-state index in [9.17, 15) is 9.18 Å². The minimum atomic E-state index is -0.404. The van der Waals surface area contributed by atoms with E-state index in [2.05, 4.69) is 5.32 Å². The summed E-state index contributed by atoms with van der Waals surface area (Å²) in [6.07, 6.45) is 1.17. The van der Waals surface area contributed by atoms with Gasteiger partial charge in [0, 0.05) is 18.3 Å². The molecule has 0 radical (unpaired) electrons. The molecule has 0 spiro atoms. The van der Waals surface area contributed by atoms with Crippen LogP contribution in [0.2, 0.25) is 0 Å². The zero-order chi connectivity index (χ0) is 13.8. The van der Waals surface area contributed by atoms with Crippen LogP contribution < -0.4 is 10.2 Å². The van der Waals surface area contributed by atoms with E-state index in [1.165, 1.54) is 12.1 Å². The fourth-order valence-corrected chi connectivity index (χ4v) is 2.43. The first-order valence-electron chi connectivity index (χ1n) is 6.56. The number of halogens is 1. The highest BCUT2D eigenvalue weighted by Gasteiger charge is 2.31. The first-order chi connectivity index (χ1) is 9.13. The predicted octanol–water partition coefficient (Wildman–Crippen LogP) is 1.29. The maximum atomic E-state index is 13.3. The Balaban J connectivity index is 2.30. The molecule has 2 unspecified atom stereocenters. The molecule has 1 aliphatic heterocycles. The van der Waals surface area contributed by atoms with Gasteiger partial charge in [-0.15, -0.1) is 0 Å². The number of hydrogen-bond acceptors (Lipinski definition) is 3. The molecule has 1 saturated heterocycles. The van der Waals surface area contributed by atoms with Gasteiger partial charge >= 0.3 is 0 Å². The third-order valence-electron chi connectivity index (χ3n) is 3.43. The van der Waals surface area contributed by atoms with Crippen molar-refractivity contribution >= 4 is 11.6 Å². The second-order valence-corrected chi connectivity index (χ2v) is 4.84. The number of aliphatic hydroxyl groups is 1. The van der Waals surface area contributed by atoms with Crippen molar-refractivity contribution in [2.75, 3.05) is 18.1 Å². The molecule has 0 aromatic heterocycles. The largest absolute Gasteiger partial charge is 0.396 e. The van der Waals surface area contributed by atoms with Crippen LogP contribution in [0, 0.1) is 5.82 Å². The van der Waals surface area contributed by atoms with Crippen LogP contribution in [0.1, 0.15) is 19.8 Å². The maximum absolute atomic E-state index is 13.3. The third-order valence-corrected chi connectivity index (χ3v) is 3.43. The van der Waals surface area contributed by atoms with E-state index in [4.69, 9.17) is 5.11 Å². The van der Waals surface area contributed by atoms with Crippen LogP contribution in [-0.2, 0) is 4.79 Å². The highest BCUT2D eigenvalue weighted by atomic mass is 19.1. The number of aliphatic hydroxyl groups excluding tert-OH is 1. The van der Waals surface area contributed by atoms with E-state index < -0.39 is 6.04 Å². The molecule has 2 atom stereocenters. The van der Waals surface area contributed by atoms with Crippen molar-refractivity contribution in [2.45, 2.75) is 31.8 Å². The first kappa shape index (κ1) is 14.0. The van der Waals surface area contributed by atoms with E-state index in [0.29, 0.717) is 18.7 Å². The molecule has 0 aliphatic carbocycles. The molecule has 1 fully saturated rings. The van der Waals surface area contributed by atoms with E-state index in [0.717, 1.165) is 6.42 Å². The van der Waals surface area contributed by atoms with Crippen molar-refractivity contribution in [3.63, 3.8) is 0 Å². The lowest BCUT2D eigenvalue weighted by Gasteiger charge is -2.29. The van der Waals surface area contributed by atoms with Gasteiger partial charge in [-0.1, -0.05) is 6.07 Å². The molecule has 1 heterocycles. The molecule has 5 heteroatoms. The number of nitrogens with one attached hydrogen (secondary N) is 1. The summed E-state index contributed by atoms with van der Waals surface area (Å²) in [5.41, 5.74) is 0.573. The number of carbonyl (C=O) groups is 1. The molecule has 2 rings (SSSR count). The van der Waals surface area contributed by atoms with Crippen molar-refractivity contribution in [3.05, 3.63) is 30.1 Å². The number of amides is 1. The number of rotatable bonds is 3. The molecule has 0 saturated carbocycles. The molecule has 4 nitrogen and oxygen atoms in total. The highest BCUT2D eigenvalue weighted by molar-refractivity contribution is 5.98. The Kier molecular flexibility index (Phi) is 4.50. The van der Waals surface area contributed by atoms with Gasteiger partial charge in [-0.3, -0.25) is 4.79 Å². The summed E-state index contributed by atoms with van der Waals surface area (Å²) < 4.78 is 13.3. The summed E-state index contributed by atoms with van der Waals surface area (Å²) in [7, 11) is 0. The lowest BCUT2D eigenvalue weighted by atomic mass is 10.1. The highest BCUT2D eigenvalue weighted by Crippen LogP contribution is 2.23. The number of anilines is 1. The minimum absolute atomic E-state index is 0.00509. The van der Waals surface area contributed by atoms with E-state index in [-0.39, 0.29) is 24.4 Å². The zero-order valence-corrected chi connectivity index (χ0v) is 11.0. The monoisotopic (exact) mass is 266 g/mol. The number of nitrogens with zero attached hydrogens (tertiary/aromatic N) is 1. The van der Waals surface area contributed by atoms with Gasteiger partial charge < -0.3 is 15.3 Å². The number of carbonyl (C=O) groups excluding carboxylic acids is 1. The molecule has 104 valence electrons. The zero-order valence-electron chi connectivity index (χ0n) is 11.0. The van der Waals surface area contributed by atoms with Crippen molar-refractivity contribution in [2.24, 2.45) is 0 Å². The normalized spacial score (nSPS) is 24.4. The van der Waals surface area contributed by atoms with Gasteiger partial charge in [0.25, 0.3) is 0 Å². The molecule has 1 aromatic carbocycles. The van der Waals surface area contributed by atoms with Crippen molar-refractivity contribution in [1.29, 1.82) is 0 Å². The number of hydrogen-bond donors (Lipinski definition) is 2. The van der Waals surface area contributed by atoms with E-state index in [1.54, 1.807) is 17.0 Å². The van der Waals surface area contributed by atoms with E-state index in [1.807, 2.05) is 6.92 Å². The number of benzene rings is 1. The van der Waals surface area contributed by atoms with Gasteiger partial charge in [0.05, 0.1) is 6.04 Å². The lowest BCUT2D eigenvalue weighted by Crippen LogP contribution is -2.46. The first-order valence-corrected chi connectivity index (χ1v) is 6.56. The van der Waals surface area contributed by atoms with Crippen LogP contribution in [0.5, 0.6) is 0 Å². The summed E-state index contributed by atoms with van der Waals surface area (Å²) >= 11 is 0. The van der Waals surface area contributed by atoms with Crippen LogP contribution in [0.15, 0.2) is 24.3 Å².